The van der Waals surface area contributed by atoms with E-state index in [2.05, 4.69) is 5.32 Å². The number of nitro benzene ring substituents is 1. The van der Waals surface area contributed by atoms with Gasteiger partial charge in [0.1, 0.15) is 5.69 Å². The molecule has 1 aliphatic carbocycles. The van der Waals surface area contributed by atoms with Crippen LogP contribution in [0.5, 0.6) is 0 Å². The van der Waals surface area contributed by atoms with Crippen LogP contribution in [-0.2, 0) is 0 Å². The van der Waals surface area contributed by atoms with E-state index < -0.39 is 4.92 Å². The van der Waals surface area contributed by atoms with Crippen LogP contribution in [0.2, 0.25) is 0 Å². The van der Waals surface area contributed by atoms with Crippen LogP contribution in [0.1, 0.15) is 18.4 Å². The molecule has 6 nitrogen and oxygen atoms in total. The van der Waals surface area contributed by atoms with Gasteiger partial charge in [-0.25, -0.2) is 0 Å². The van der Waals surface area contributed by atoms with Crippen LogP contribution in [0.3, 0.4) is 0 Å². The number of nitrogens with zero attached hydrogens (tertiary/aromatic N) is 2. The van der Waals surface area contributed by atoms with Gasteiger partial charge in [-0.3, -0.25) is 10.1 Å². The van der Waals surface area contributed by atoms with Gasteiger partial charge >= 0.3 is 0 Å². The molecule has 2 N–H and O–H groups in total. The summed E-state index contributed by atoms with van der Waals surface area (Å²) in [5.41, 5.74) is 0.661. The highest BCUT2D eigenvalue weighted by Gasteiger charge is 2.28. The van der Waals surface area contributed by atoms with Gasteiger partial charge in [-0.15, -0.1) is 0 Å². The van der Waals surface area contributed by atoms with Crippen molar-refractivity contribution in [2.24, 2.45) is 0 Å². The third-order valence-corrected chi connectivity index (χ3v) is 2.80. The van der Waals surface area contributed by atoms with Crippen LogP contribution in [-0.4, -0.2) is 22.2 Å². The van der Waals surface area contributed by atoms with Crippen LogP contribution >= 0.6 is 0 Å². The van der Waals surface area contributed by atoms with Crippen LogP contribution in [0, 0.1) is 21.4 Å². The monoisotopic (exact) mass is 233 g/mol. The lowest BCUT2D eigenvalue weighted by Gasteiger charge is -2.32. The first kappa shape index (κ1) is 11.4. The first-order valence-corrected chi connectivity index (χ1v) is 5.23. The SMILES string of the molecule is N#Cc1ccc([N+](=O)[O-])c(NC2CC(O)C2)c1. The average Bonchev–Trinajstić information content (AvgIpc) is 2.26. The van der Waals surface area contributed by atoms with Gasteiger partial charge in [-0.1, -0.05) is 0 Å². The van der Waals surface area contributed by atoms with E-state index >= 15 is 0 Å². The van der Waals surface area contributed by atoms with Gasteiger partial charge < -0.3 is 10.4 Å². The molecule has 0 saturated heterocycles. The van der Waals surface area contributed by atoms with Crippen LogP contribution in [0.25, 0.3) is 0 Å². The number of aliphatic hydroxyl groups excluding tert-OH is 1. The summed E-state index contributed by atoms with van der Waals surface area (Å²) in [5, 5.41) is 31.7. The van der Waals surface area contributed by atoms with E-state index in [4.69, 9.17) is 10.4 Å². The Hall–Kier alpha value is -2.13. The molecule has 0 heterocycles. The molecule has 0 bridgehead atoms. The van der Waals surface area contributed by atoms with E-state index in [1.807, 2.05) is 6.07 Å². The summed E-state index contributed by atoms with van der Waals surface area (Å²) >= 11 is 0. The Morgan fingerprint density at radius 2 is 2.24 bits per heavy atom. The molecule has 2 rings (SSSR count). The zero-order valence-corrected chi connectivity index (χ0v) is 8.96. The van der Waals surface area contributed by atoms with Gasteiger partial charge in [0.15, 0.2) is 0 Å². The minimum absolute atomic E-state index is 0.0395. The first-order valence-electron chi connectivity index (χ1n) is 5.23. The molecule has 1 aromatic carbocycles. The summed E-state index contributed by atoms with van der Waals surface area (Å²) in [6, 6.07) is 6.17. The Morgan fingerprint density at radius 1 is 1.53 bits per heavy atom. The fourth-order valence-corrected chi connectivity index (χ4v) is 1.81. The van der Waals surface area contributed by atoms with Gasteiger partial charge in [0.2, 0.25) is 0 Å². The summed E-state index contributed by atoms with van der Waals surface area (Å²) in [5.74, 6) is 0. The highest BCUT2D eigenvalue weighted by Crippen LogP contribution is 2.30. The van der Waals surface area contributed by atoms with E-state index in [0.717, 1.165) is 0 Å². The smallest absolute Gasteiger partial charge is 0.292 e. The quantitative estimate of drug-likeness (QED) is 0.607. The fourth-order valence-electron chi connectivity index (χ4n) is 1.81. The minimum atomic E-state index is -0.488. The van der Waals surface area contributed by atoms with E-state index in [9.17, 15) is 10.1 Å². The minimum Gasteiger partial charge on any atom is -0.393 e. The second-order valence-electron chi connectivity index (χ2n) is 4.07. The van der Waals surface area contributed by atoms with Gasteiger partial charge in [-0.05, 0) is 25.0 Å². The molecular formula is C11H11N3O3. The number of nitro groups is 1. The molecule has 0 aliphatic heterocycles. The second kappa shape index (κ2) is 4.39. The molecule has 0 amide bonds. The molecule has 0 spiro atoms. The molecule has 0 unspecified atom stereocenters. The Labute approximate surface area is 97.6 Å². The van der Waals surface area contributed by atoms with Crippen molar-refractivity contribution < 1.29 is 10.0 Å². The number of benzene rings is 1. The Morgan fingerprint density at radius 3 is 2.76 bits per heavy atom. The molecule has 1 saturated carbocycles. The number of hydrogen-bond acceptors (Lipinski definition) is 5. The average molecular weight is 233 g/mol. The lowest BCUT2D eigenvalue weighted by Crippen LogP contribution is -2.39. The molecule has 1 aliphatic rings. The zero-order valence-electron chi connectivity index (χ0n) is 8.96. The highest BCUT2D eigenvalue weighted by atomic mass is 16.6. The summed E-state index contributed by atoms with van der Waals surface area (Å²) < 4.78 is 0. The maximum Gasteiger partial charge on any atom is 0.292 e. The lowest BCUT2D eigenvalue weighted by molar-refractivity contribution is -0.384. The molecule has 88 valence electrons. The van der Waals surface area contributed by atoms with Crippen molar-refractivity contribution in [2.75, 3.05) is 5.32 Å². The van der Waals surface area contributed by atoms with Crippen LogP contribution in [0.4, 0.5) is 11.4 Å². The fraction of sp³-hybridized carbons (Fsp3) is 0.364. The molecule has 0 radical (unpaired) electrons. The molecule has 1 fully saturated rings. The van der Waals surface area contributed by atoms with E-state index in [0.29, 0.717) is 24.1 Å². The Kier molecular flexibility index (Phi) is 2.93. The highest BCUT2D eigenvalue weighted by molar-refractivity contribution is 5.64. The predicted octanol–water partition coefficient (Wildman–Crippen LogP) is 1.40. The summed E-state index contributed by atoms with van der Waals surface area (Å²) in [7, 11) is 0. The van der Waals surface area contributed by atoms with Gasteiger partial charge in [-0.2, -0.15) is 5.26 Å². The lowest BCUT2D eigenvalue weighted by atomic mass is 9.89. The number of rotatable bonds is 3. The van der Waals surface area contributed by atoms with Crippen LogP contribution < -0.4 is 5.32 Å². The van der Waals surface area contributed by atoms with E-state index in [1.54, 1.807) is 0 Å². The van der Waals surface area contributed by atoms with E-state index in [-0.39, 0.29) is 17.8 Å². The summed E-state index contributed by atoms with van der Waals surface area (Å²) in [4.78, 5) is 10.3. The summed E-state index contributed by atoms with van der Waals surface area (Å²) in [6.45, 7) is 0. The maximum atomic E-state index is 10.8. The number of nitrogens with one attached hydrogen (secondary N) is 1. The normalized spacial score (nSPS) is 22.4. The van der Waals surface area contributed by atoms with Crippen molar-refractivity contribution in [3.05, 3.63) is 33.9 Å². The maximum absolute atomic E-state index is 10.8. The number of aliphatic hydroxyl groups is 1. The largest absolute Gasteiger partial charge is 0.393 e. The van der Waals surface area contributed by atoms with Gasteiger partial charge in [0, 0.05) is 12.1 Å². The van der Waals surface area contributed by atoms with Crippen molar-refractivity contribution in [1.29, 1.82) is 5.26 Å². The third kappa shape index (κ3) is 2.34. The molecule has 0 atom stereocenters. The Balaban J connectivity index is 2.23. The standard InChI is InChI=1S/C11H11N3O3/c12-6-7-1-2-11(14(16)17)10(3-7)13-8-4-9(15)5-8/h1-3,8-9,13,15H,4-5H2. The molecule has 6 heteroatoms. The first-order chi connectivity index (χ1) is 8.10. The summed E-state index contributed by atoms with van der Waals surface area (Å²) in [6.07, 6.45) is 0.827. The second-order valence-corrected chi connectivity index (χ2v) is 4.07. The van der Waals surface area contributed by atoms with Crippen molar-refractivity contribution in [2.45, 2.75) is 25.0 Å². The molecular weight excluding hydrogens is 222 g/mol. The van der Waals surface area contributed by atoms with Gasteiger partial charge in [0.05, 0.1) is 22.7 Å². The number of nitriles is 1. The van der Waals surface area contributed by atoms with Crippen LogP contribution in [0.15, 0.2) is 18.2 Å². The van der Waals surface area contributed by atoms with Gasteiger partial charge in [0.25, 0.3) is 5.69 Å². The molecule has 0 aromatic heterocycles. The number of anilines is 1. The molecule has 17 heavy (non-hydrogen) atoms. The molecule has 1 aromatic rings. The van der Waals surface area contributed by atoms with Crippen molar-refractivity contribution in [3.63, 3.8) is 0 Å². The van der Waals surface area contributed by atoms with Crippen molar-refractivity contribution >= 4 is 11.4 Å². The van der Waals surface area contributed by atoms with Crippen molar-refractivity contribution in [1.82, 2.24) is 0 Å². The topological polar surface area (TPSA) is 99.2 Å². The van der Waals surface area contributed by atoms with E-state index in [1.165, 1.54) is 18.2 Å². The van der Waals surface area contributed by atoms with Crippen molar-refractivity contribution in [3.8, 4) is 6.07 Å². The number of hydrogen-bond donors (Lipinski definition) is 2. The predicted molar refractivity (Wildman–Crippen MR) is 60.5 cm³/mol. The zero-order chi connectivity index (χ0) is 12.4. The third-order valence-electron chi connectivity index (χ3n) is 2.80. The Bertz CT molecular complexity index is 489.